The summed E-state index contributed by atoms with van der Waals surface area (Å²) in [5.74, 6) is 7.23. The Bertz CT molecular complexity index is 1340. The van der Waals surface area contributed by atoms with Crippen molar-refractivity contribution < 1.29 is 4.70 Å². The van der Waals surface area contributed by atoms with Crippen LogP contribution in [0.5, 0.6) is 0 Å². The first-order chi connectivity index (χ1) is 21.4. The second-order valence-corrected chi connectivity index (χ2v) is 13.1. The van der Waals surface area contributed by atoms with Gasteiger partial charge in [0.25, 0.3) is 0 Å². The van der Waals surface area contributed by atoms with Crippen LogP contribution in [0, 0.1) is 25.7 Å². The molecule has 238 valence electrons. The van der Waals surface area contributed by atoms with Gasteiger partial charge < -0.3 is 5.53 Å². The van der Waals surface area contributed by atoms with Gasteiger partial charge in [-0.25, -0.2) is 4.70 Å². The highest BCUT2D eigenvalue weighted by Crippen LogP contribution is 2.43. The minimum Gasteiger partial charge on any atom is -0.493 e. The van der Waals surface area contributed by atoms with E-state index in [2.05, 4.69) is 89.8 Å². The van der Waals surface area contributed by atoms with Crippen molar-refractivity contribution in [3.05, 3.63) is 86.5 Å². The normalized spacial score (nSPS) is 13.2. The van der Waals surface area contributed by atoms with Gasteiger partial charge in [-0.15, -0.1) is 0 Å². The number of allylic oxidation sites excluding steroid dienone is 2. The summed E-state index contributed by atoms with van der Waals surface area (Å²) >= 11 is 0. The fourth-order valence-corrected chi connectivity index (χ4v) is 6.45. The van der Waals surface area contributed by atoms with Crippen LogP contribution in [0.1, 0.15) is 164 Å². The van der Waals surface area contributed by atoms with E-state index in [1.54, 1.807) is 0 Å². The summed E-state index contributed by atoms with van der Waals surface area (Å²) in [5.41, 5.74) is 23.5. The third-order valence-corrected chi connectivity index (χ3v) is 8.86. The predicted molar refractivity (Wildman–Crippen MR) is 192 cm³/mol. The highest BCUT2D eigenvalue weighted by Gasteiger charge is 2.35. The zero-order valence-electron chi connectivity index (χ0n) is 29.1. The Labute approximate surface area is 270 Å². The van der Waals surface area contributed by atoms with Gasteiger partial charge in [-0.1, -0.05) is 127 Å². The molecule has 0 atom stereocenters. The van der Waals surface area contributed by atoms with Gasteiger partial charge in [0.05, 0.1) is 0 Å². The molecule has 0 aromatic heterocycles. The van der Waals surface area contributed by atoms with E-state index in [0.29, 0.717) is 0 Å². The van der Waals surface area contributed by atoms with E-state index in [-0.39, 0.29) is 0 Å². The molecule has 2 aromatic rings. The van der Waals surface area contributed by atoms with Gasteiger partial charge in [0.2, 0.25) is 11.4 Å². The summed E-state index contributed by atoms with van der Waals surface area (Å²) in [6.45, 7) is 13.4. The van der Waals surface area contributed by atoms with Crippen LogP contribution in [0.25, 0.3) is 16.9 Å². The lowest BCUT2D eigenvalue weighted by molar-refractivity contribution is -0.345. The van der Waals surface area contributed by atoms with Crippen molar-refractivity contribution in [1.29, 1.82) is 0 Å². The number of unbranched alkanes of at least 4 members (excludes halogenated alkanes) is 11. The Hall–Kier alpha value is -2.92. The first kappa shape index (κ1) is 35.6. The maximum Gasteiger partial charge on any atom is 0.223 e. The van der Waals surface area contributed by atoms with Gasteiger partial charge in [0.15, 0.2) is 0 Å². The van der Waals surface area contributed by atoms with Crippen molar-refractivity contribution in [2.75, 3.05) is 0 Å². The van der Waals surface area contributed by atoms with Crippen LogP contribution in [-0.2, 0) is 12.8 Å². The molecule has 0 fully saturated rings. The molecule has 0 N–H and O–H groups in total. The van der Waals surface area contributed by atoms with Crippen LogP contribution < -0.4 is 0 Å². The van der Waals surface area contributed by atoms with Gasteiger partial charge >= 0.3 is 0 Å². The Balaban J connectivity index is 2.03. The number of rotatable bonds is 19. The monoisotopic (exact) mass is 592 g/mol. The molecular formula is C42H60N2. The Morgan fingerprint density at radius 1 is 0.545 bits per heavy atom. The van der Waals surface area contributed by atoms with Crippen LogP contribution in [0.2, 0.25) is 0 Å². The maximum absolute atomic E-state index is 12.1. The SMILES string of the molecule is CCCCCCCCCCC#CC1=C(c2cc(C)cc(CCCC)c2)[N+](=[N-])C(c2cc(C)cc(CCCC)c2)=C1CCCC. The molecule has 44 heavy (non-hydrogen) atoms. The van der Waals surface area contributed by atoms with Crippen molar-refractivity contribution >= 4 is 11.4 Å². The first-order valence-electron chi connectivity index (χ1n) is 18.1. The van der Waals surface area contributed by atoms with Crippen LogP contribution in [0.4, 0.5) is 0 Å². The van der Waals surface area contributed by atoms with Crippen molar-refractivity contribution in [3.63, 3.8) is 0 Å². The molecule has 1 heterocycles. The van der Waals surface area contributed by atoms with E-state index in [1.807, 2.05) is 0 Å². The lowest BCUT2D eigenvalue weighted by Gasteiger charge is -2.13. The maximum atomic E-state index is 12.1. The number of hydrogen-bond donors (Lipinski definition) is 0. The molecule has 0 saturated carbocycles. The lowest BCUT2D eigenvalue weighted by atomic mass is 9.93. The molecule has 1 aliphatic rings. The van der Waals surface area contributed by atoms with Gasteiger partial charge in [0.1, 0.15) is 5.57 Å². The second kappa shape index (κ2) is 19.5. The highest BCUT2D eigenvalue weighted by atomic mass is 15.2. The van der Waals surface area contributed by atoms with Crippen LogP contribution in [-0.4, -0.2) is 4.70 Å². The molecular weight excluding hydrogens is 532 g/mol. The predicted octanol–water partition coefficient (Wildman–Crippen LogP) is 12.9. The third kappa shape index (κ3) is 10.6. The molecule has 2 heteroatoms. The molecule has 0 bridgehead atoms. The van der Waals surface area contributed by atoms with E-state index >= 15 is 0 Å². The first-order valence-corrected chi connectivity index (χ1v) is 18.1. The smallest absolute Gasteiger partial charge is 0.223 e. The largest absolute Gasteiger partial charge is 0.493 e. The molecule has 0 radical (unpaired) electrons. The lowest BCUT2D eigenvalue weighted by Crippen LogP contribution is -2.04. The van der Waals surface area contributed by atoms with E-state index in [1.165, 1.54) is 103 Å². The molecule has 0 saturated heterocycles. The van der Waals surface area contributed by atoms with Crippen LogP contribution in [0.3, 0.4) is 0 Å². The van der Waals surface area contributed by atoms with Crippen molar-refractivity contribution in [1.82, 2.24) is 0 Å². The van der Waals surface area contributed by atoms with Crippen molar-refractivity contribution in [2.45, 2.75) is 157 Å². The average molecular weight is 593 g/mol. The number of hydrogen-bond acceptors (Lipinski definition) is 0. The molecule has 3 rings (SSSR count). The Morgan fingerprint density at radius 3 is 1.57 bits per heavy atom. The van der Waals surface area contributed by atoms with E-state index in [0.717, 1.165) is 73.0 Å². The molecule has 0 spiro atoms. The topological polar surface area (TPSA) is 25.3 Å². The van der Waals surface area contributed by atoms with Gasteiger partial charge in [-0.2, -0.15) is 0 Å². The van der Waals surface area contributed by atoms with Crippen molar-refractivity contribution in [2.24, 2.45) is 0 Å². The van der Waals surface area contributed by atoms with Crippen LogP contribution >= 0.6 is 0 Å². The van der Waals surface area contributed by atoms with Crippen molar-refractivity contribution in [3.8, 4) is 11.8 Å². The summed E-state index contributed by atoms with van der Waals surface area (Å²) < 4.78 is 1.50. The highest BCUT2D eigenvalue weighted by molar-refractivity contribution is 5.85. The third-order valence-electron chi connectivity index (χ3n) is 8.86. The van der Waals surface area contributed by atoms with Crippen LogP contribution in [0.15, 0.2) is 47.5 Å². The minimum absolute atomic E-state index is 0.868. The molecule has 1 aliphatic heterocycles. The Morgan fingerprint density at radius 2 is 1.02 bits per heavy atom. The summed E-state index contributed by atoms with van der Waals surface area (Å²) in [6, 6.07) is 13.7. The summed E-state index contributed by atoms with van der Waals surface area (Å²) in [7, 11) is 0. The summed E-state index contributed by atoms with van der Waals surface area (Å²) in [5, 5.41) is 0. The molecule has 0 aliphatic carbocycles. The Kier molecular flexibility index (Phi) is 15.7. The average Bonchev–Trinajstić information content (AvgIpc) is 3.28. The number of aryl methyl sites for hydroxylation is 4. The standard InChI is InChI=1S/C42H60N2/c1-7-11-15-16-17-18-19-20-21-22-26-40-39(25-14-10-4)41(37-29-33(5)27-35(31-37)23-12-8-2)44(43)42(40)38-30-34(6)28-36(32-38)24-13-9-3/h27-32H,7-21,23-25H2,1-6H3. The fourth-order valence-electron chi connectivity index (χ4n) is 6.45. The fraction of sp³-hybridized carbons (Fsp3) is 0.571. The van der Waals surface area contributed by atoms with Gasteiger partial charge in [-0.3, -0.25) is 0 Å². The number of nitrogens with zero attached hydrogens (tertiary/aromatic N) is 2. The summed E-state index contributed by atoms with van der Waals surface area (Å²) in [6.07, 6.45) is 21.3. The van der Waals surface area contributed by atoms with E-state index in [4.69, 9.17) is 0 Å². The van der Waals surface area contributed by atoms with E-state index < -0.39 is 0 Å². The molecule has 2 nitrogen and oxygen atoms in total. The van der Waals surface area contributed by atoms with Gasteiger partial charge in [-0.05, 0) is 94.2 Å². The quantitative estimate of drug-likeness (QED) is 0.0881. The van der Waals surface area contributed by atoms with Gasteiger partial charge in [0, 0.05) is 23.1 Å². The second-order valence-electron chi connectivity index (χ2n) is 13.1. The molecule has 0 amide bonds. The molecule has 2 aromatic carbocycles. The molecule has 0 unspecified atom stereocenters. The minimum atomic E-state index is 0.868. The summed E-state index contributed by atoms with van der Waals surface area (Å²) in [4.78, 5) is 0. The van der Waals surface area contributed by atoms with E-state index in [9.17, 15) is 5.53 Å². The zero-order chi connectivity index (χ0) is 31.7. The number of benzene rings is 2. The zero-order valence-corrected chi connectivity index (χ0v) is 29.1.